The molecule has 0 amide bonds. The lowest BCUT2D eigenvalue weighted by Crippen LogP contribution is -2.22. The zero-order valence-electron chi connectivity index (χ0n) is 11.8. The van der Waals surface area contributed by atoms with Gasteiger partial charge in [0.25, 0.3) is 0 Å². The summed E-state index contributed by atoms with van der Waals surface area (Å²) in [6.07, 6.45) is 1.36. The number of benzene rings is 1. The predicted molar refractivity (Wildman–Crippen MR) is 79.7 cm³/mol. The number of rotatable bonds is 10. The lowest BCUT2D eigenvalue weighted by molar-refractivity contribution is 0.0761. The van der Waals surface area contributed by atoms with E-state index < -0.39 is 0 Å². The fourth-order valence-electron chi connectivity index (χ4n) is 1.56. The lowest BCUT2D eigenvalue weighted by atomic mass is 10.2. The Morgan fingerprint density at radius 3 is 2.53 bits per heavy atom. The van der Waals surface area contributed by atoms with E-state index in [2.05, 4.69) is 19.2 Å². The van der Waals surface area contributed by atoms with E-state index in [1.165, 1.54) is 0 Å². The van der Waals surface area contributed by atoms with Crippen molar-refractivity contribution < 1.29 is 9.47 Å². The molecule has 1 rings (SSSR count). The first-order chi connectivity index (χ1) is 9.18. The van der Waals surface area contributed by atoms with Gasteiger partial charge in [-0.25, -0.2) is 0 Å². The van der Waals surface area contributed by atoms with Crippen molar-refractivity contribution in [3.05, 3.63) is 34.9 Å². The molecule has 0 unspecified atom stereocenters. The summed E-state index contributed by atoms with van der Waals surface area (Å²) >= 11 is 5.81. The summed E-state index contributed by atoms with van der Waals surface area (Å²) in [7, 11) is 0. The fraction of sp³-hybridized carbons (Fsp3) is 0.600. The van der Waals surface area contributed by atoms with Crippen LogP contribution in [0.1, 0.15) is 25.8 Å². The normalized spacial score (nSPS) is 11.2. The first-order valence-electron chi connectivity index (χ1n) is 6.83. The van der Waals surface area contributed by atoms with Crippen molar-refractivity contribution in [2.24, 2.45) is 0 Å². The number of hydrogen-bond acceptors (Lipinski definition) is 3. The van der Waals surface area contributed by atoms with Gasteiger partial charge in [0.15, 0.2) is 0 Å². The first-order valence-corrected chi connectivity index (χ1v) is 7.21. The maximum absolute atomic E-state index is 5.81. The Morgan fingerprint density at radius 2 is 1.84 bits per heavy atom. The third-order valence-electron chi connectivity index (χ3n) is 2.55. The second kappa shape index (κ2) is 10.2. The molecule has 1 aromatic carbocycles. The average Bonchev–Trinajstić information content (AvgIpc) is 2.38. The molecule has 0 radical (unpaired) electrons. The molecule has 0 fully saturated rings. The van der Waals surface area contributed by atoms with E-state index in [-0.39, 0.29) is 0 Å². The molecule has 0 aromatic heterocycles. The summed E-state index contributed by atoms with van der Waals surface area (Å²) in [4.78, 5) is 0. The van der Waals surface area contributed by atoms with Crippen LogP contribution >= 0.6 is 11.6 Å². The molecule has 0 atom stereocenters. The third kappa shape index (κ3) is 9.00. The molecule has 0 saturated heterocycles. The summed E-state index contributed by atoms with van der Waals surface area (Å²) in [5.74, 6) is 0. The molecular formula is C15H24ClNO2. The van der Waals surface area contributed by atoms with Gasteiger partial charge in [0.05, 0.1) is 19.3 Å². The van der Waals surface area contributed by atoms with Crippen LogP contribution in [0.3, 0.4) is 0 Å². The van der Waals surface area contributed by atoms with Crippen molar-refractivity contribution in [2.45, 2.75) is 33.0 Å². The topological polar surface area (TPSA) is 30.5 Å². The van der Waals surface area contributed by atoms with Crippen LogP contribution in [-0.2, 0) is 16.1 Å². The van der Waals surface area contributed by atoms with Crippen molar-refractivity contribution in [2.75, 3.05) is 26.3 Å². The second-order valence-corrected chi connectivity index (χ2v) is 5.14. The highest BCUT2D eigenvalue weighted by Gasteiger charge is 1.95. The van der Waals surface area contributed by atoms with E-state index in [0.717, 1.165) is 36.7 Å². The summed E-state index contributed by atoms with van der Waals surface area (Å²) in [5, 5.41) is 4.09. The molecule has 0 saturated carbocycles. The molecule has 0 aliphatic rings. The lowest BCUT2D eigenvalue weighted by Gasteiger charge is -2.08. The zero-order valence-corrected chi connectivity index (χ0v) is 12.6. The molecule has 1 N–H and O–H groups in total. The fourth-order valence-corrected chi connectivity index (χ4v) is 1.68. The monoisotopic (exact) mass is 285 g/mol. The molecule has 0 aliphatic carbocycles. The van der Waals surface area contributed by atoms with Gasteiger partial charge in [-0.15, -0.1) is 0 Å². The number of halogens is 1. The van der Waals surface area contributed by atoms with E-state index in [4.69, 9.17) is 21.1 Å². The minimum Gasteiger partial charge on any atom is -0.379 e. The van der Waals surface area contributed by atoms with E-state index in [9.17, 15) is 0 Å². The summed E-state index contributed by atoms with van der Waals surface area (Å²) in [5.41, 5.74) is 1.15. The van der Waals surface area contributed by atoms with E-state index >= 15 is 0 Å². The molecule has 19 heavy (non-hydrogen) atoms. The Kier molecular flexibility index (Phi) is 8.84. The molecule has 108 valence electrons. The SMILES string of the molecule is CC(C)OCCCNCCOCc1ccc(Cl)cc1. The largest absolute Gasteiger partial charge is 0.379 e. The highest BCUT2D eigenvalue weighted by atomic mass is 35.5. The molecular weight excluding hydrogens is 262 g/mol. The average molecular weight is 286 g/mol. The van der Waals surface area contributed by atoms with Crippen LogP contribution in [0.5, 0.6) is 0 Å². The molecule has 1 aromatic rings. The van der Waals surface area contributed by atoms with Crippen LogP contribution in [-0.4, -0.2) is 32.4 Å². The van der Waals surface area contributed by atoms with Crippen LogP contribution in [0.2, 0.25) is 5.02 Å². The van der Waals surface area contributed by atoms with Crippen LogP contribution in [0.4, 0.5) is 0 Å². The molecule has 0 bridgehead atoms. The van der Waals surface area contributed by atoms with Gasteiger partial charge in [-0.05, 0) is 44.5 Å². The highest BCUT2D eigenvalue weighted by molar-refractivity contribution is 6.30. The van der Waals surface area contributed by atoms with Crippen LogP contribution in [0, 0.1) is 0 Å². The molecule has 3 nitrogen and oxygen atoms in total. The van der Waals surface area contributed by atoms with Crippen molar-refractivity contribution in [3.63, 3.8) is 0 Å². The quantitative estimate of drug-likeness (QED) is 0.669. The second-order valence-electron chi connectivity index (χ2n) is 4.70. The van der Waals surface area contributed by atoms with Gasteiger partial charge in [0.1, 0.15) is 0 Å². The van der Waals surface area contributed by atoms with Crippen LogP contribution in [0.25, 0.3) is 0 Å². The van der Waals surface area contributed by atoms with Crippen LogP contribution in [0.15, 0.2) is 24.3 Å². The predicted octanol–water partition coefficient (Wildman–Crippen LogP) is 3.26. The van der Waals surface area contributed by atoms with Gasteiger partial charge in [-0.3, -0.25) is 0 Å². The Bertz CT molecular complexity index is 327. The van der Waals surface area contributed by atoms with Gasteiger partial charge >= 0.3 is 0 Å². The minimum absolute atomic E-state index is 0.322. The van der Waals surface area contributed by atoms with Gasteiger partial charge < -0.3 is 14.8 Å². The summed E-state index contributed by atoms with van der Waals surface area (Å²) < 4.78 is 11.0. The van der Waals surface area contributed by atoms with Gasteiger partial charge in [0.2, 0.25) is 0 Å². The Morgan fingerprint density at radius 1 is 1.11 bits per heavy atom. The van der Waals surface area contributed by atoms with Crippen molar-refractivity contribution >= 4 is 11.6 Å². The number of nitrogens with one attached hydrogen (secondary N) is 1. The molecule has 0 aliphatic heterocycles. The van der Waals surface area contributed by atoms with Gasteiger partial charge in [0, 0.05) is 18.2 Å². The van der Waals surface area contributed by atoms with Gasteiger partial charge in [-0.1, -0.05) is 23.7 Å². The van der Waals surface area contributed by atoms with E-state index in [0.29, 0.717) is 19.3 Å². The third-order valence-corrected chi connectivity index (χ3v) is 2.81. The highest BCUT2D eigenvalue weighted by Crippen LogP contribution is 2.09. The maximum Gasteiger partial charge on any atom is 0.0717 e. The number of ether oxygens (including phenoxy) is 2. The van der Waals surface area contributed by atoms with Gasteiger partial charge in [-0.2, -0.15) is 0 Å². The maximum atomic E-state index is 5.81. The first kappa shape index (κ1) is 16.4. The van der Waals surface area contributed by atoms with Crippen molar-refractivity contribution in [3.8, 4) is 0 Å². The minimum atomic E-state index is 0.322. The van der Waals surface area contributed by atoms with Crippen molar-refractivity contribution in [1.82, 2.24) is 5.32 Å². The molecule has 0 spiro atoms. The van der Waals surface area contributed by atoms with E-state index in [1.54, 1.807) is 0 Å². The Labute approximate surface area is 121 Å². The molecule has 4 heteroatoms. The Balaban J connectivity index is 1.90. The zero-order chi connectivity index (χ0) is 13.9. The standard InChI is InChI=1S/C15H24ClNO2/c1-13(2)19-10-3-8-17-9-11-18-12-14-4-6-15(16)7-5-14/h4-7,13,17H,3,8-12H2,1-2H3. The van der Waals surface area contributed by atoms with Crippen molar-refractivity contribution in [1.29, 1.82) is 0 Å². The smallest absolute Gasteiger partial charge is 0.0717 e. The number of hydrogen-bond donors (Lipinski definition) is 1. The Hall–Kier alpha value is -0.610. The molecule has 0 heterocycles. The summed E-state index contributed by atoms with van der Waals surface area (Å²) in [6.45, 7) is 8.11. The van der Waals surface area contributed by atoms with Crippen LogP contribution < -0.4 is 5.32 Å². The summed E-state index contributed by atoms with van der Waals surface area (Å²) in [6, 6.07) is 7.73. The van der Waals surface area contributed by atoms with E-state index in [1.807, 2.05) is 24.3 Å².